The second-order valence-electron chi connectivity index (χ2n) is 3.97. The Morgan fingerprint density at radius 2 is 2.28 bits per heavy atom. The van der Waals surface area contributed by atoms with E-state index in [-0.39, 0.29) is 5.56 Å². The minimum absolute atomic E-state index is 0.135. The molecule has 2 heterocycles. The summed E-state index contributed by atoms with van der Waals surface area (Å²) < 4.78 is 1.39. The first-order valence-electron chi connectivity index (χ1n) is 5.34. The Balaban J connectivity index is 2.22. The lowest BCUT2D eigenvalue weighted by molar-refractivity contribution is 0.635. The molecule has 0 radical (unpaired) electrons. The smallest absolute Gasteiger partial charge is 0.269 e. The number of halogens is 1. The molecule has 0 amide bonds. The maximum Gasteiger partial charge on any atom is 0.269 e. The minimum atomic E-state index is -0.135. The highest BCUT2D eigenvalue weighted by Crippen LogP contribution is 2.12. The summed E-state index contributed by atoms with van der Waals surface area (Å²) in [5.74, 6) is 0.387. The Kier molecular flexibility index (Phi) is 3.98. The van der Waals surface area contributed by atoms with Gasteiger partial charge < -0.3 is 4.90 Å². The number of thiazole rings is 1. The first-order chi connectivity index (χ1) is 8.60. The van der Waals surface area contributed by atoms with Crippen molar-refractivity contribution >= 4 is 28.6 Å². The van der Waals surface area contributed by atoms with Crippen LogP contribution in [-0.4, -0.2) is 28.9 Å². The van der Waals surface area contributed by atoms with Gasteiger partial charge in [0, 0.05) is 25.5 Å². The molecule has 0 spiro atoms. The standard InChI is InChI=1S/C11H13ClN4OS/c1-15(2)9-3-11(17)16(13-5-9)6-10-14-8(4-12)7-18-10/h3,5,7H,4,6H2,1-2H3. The van der Waals surface area contributed by atoms with Crippen LogP contribution in [0.15, 0.2) is 22.4 Å². The first kappa shape index (κ1) is 13.0. The van der Waals surface area contributed by atoms with Crippen molar-refractivity contribution in [3.63, 3.8) is 0 Å². The van der Waals surface area contributed by atoms with Crippen molar-refractivity contribution in [3.8, 4) is 0 Å². The lowest BCUT2D eigenvalue weighted by atomic mass is 10.4. The second kappa shape index (κ2) is 5.49. The van der Waals surface area contributed by atoms with Gasteiger partial charge in [0.05, 0.1) is 30.0 Å². The third kappa shape index (κ3) is 2.88. The zero-order valence-electron chi connectivity index (χ0n) is 10.1. The lowest BCUT2D eigenvalue weighted by Crippen LogP contribution is -2.24. The fourth-order valence-corrected chi connectivity index (χ4v) is 2.40. The molecule has 0 aliphatic rings. The van der Waals surface area contributed by atoms with E-state index in [9.17, 15) is 4.79 Å². The van der Waals surface area contributed by atoms with E-state index >= 15 is 0 Å². The summed E-state index contributed by atoms with van der Waals surface area (Å²) in [6, 6.07) is 1.56. The van der Waals surface area contributed by atoms with Crippen LogP contribution in [0.2, 0.25) is 0 Å². The molecular weight excluding hydrogens is 272 g/mol. The number of hydrogen-bond acceptors (Lipinski definition) is 5. The fraction of sp³-hybridized carbons (Fsp3) is 0.364. The van der Waals surface area contributed by atoms with Gasteiger partial charge >= 0.3 is 0 Å². The molecule has 2 aromatic heterocycles. The number of anilines is 1. The van der Waals surface area contributed by atoms with Crippen LogP contribution in [-0.2, 0) is 12.4 Å². The van der Waals surface area contributed by atoms with Crippen molar-refractivity contribution in [3.05, 3.63) is 38.7 Å². The van der Waals surface area contributed by atoms with E-state index in [2.05, 4.69) is 10.1 Å². The van der Waals surface area contributed by atoms with Crippen LogP contribution in [0.25, 0.3) is 0 Å². The average Bonchev–Trinajstić information content (AvgIpc) is 2.79. The van der Waals surface area contributed by atoms with Gasteiger partial charge in [0.25, 0.3) is 5.56 Å². The van der Waals surface area contributed by atoms with Gasteiger partial charge in [0.15, 0.2) is 0 Å². The number of rotatable bonds is 4. The highest BCUT2D eigenvalue weighted by atomic mass is 35.5. The fourth-order valence-electron chi connectivity index (χ4n) is 1.40. The third-order valence-electron chi connectivity index (χ3n) is 2.39. The lowest BCUT2D eigenvalue weighted by Gasteiger charge is -2.11. The molecule has 5 nitrogen and oxygen atoms in total. The molecule has 0 aliphatic heterocycles. The van der Waals surface area contributed by atoms with E-state index in [4.69, 9.17) is 11.6 Å². The minimum Gasteiger partial charge on any atom is -0.376 e. The van der Waals surface area contributed by atoms with E-state index in [0.29, 0.717) is 12.4 Å². The number of alkyl halides is 1. The molecule has 0 N–H and O–H groups in total. The highest BCUT2D eigenvalue weighted by Gasteiger charge is 2.06. The van der Waals surface area contributed by atoms with Crippen LogP contribution < -0.4 is 10.5 Å². The number of hydrogen-bond donors (Lipinski definition) is 0. The average molecular weight is 285 g/mol. The van der Waals surface area contributed by atoms with Crippen molar-refractivity contribution in [2.75, 3.05) is 19.0 Å². The predicted octanol–water partition coefficient (Wildman–Crippen LogP) is 1.55. The van der Waals surface area contributed by atoms with Crippen LogP contribution in [0.4, 0.5) is 5.69 Å². The van der Waals surface area contributed by atoms with E-state index in [1.165, 1.54) is 16.0 Å². The van der Waals surface area contributed by atoms with Gasteiger partial charge in [-0.1, -0.05) is 0 Å². The van der Waals surface area contributed by atoms with Crippen molar-refractivity contribution < 1.29 is 0 Å². The summed E-state index contributed by atoms with van der Waals surface area (Å²) in [5.41, 5.74) is 1.48. The van der Waals surface area contributed by atoms with Crippen LogP contribution in [0.5, 0.6) is 0 Å². The molecule has 0 aliphatic carbocycles. The van der Waals surface area contributed by atoms with Crippen molar-refractivity contribution in [1.82, 2.24) is 14.8 Å². The molecule has 0 fully saturated rings. The topological polar surface area (TPSA) is 51.0 Å². The molecule has 96 valence electrons. The Hall–Kier alpha value is -1.40. The molecule has 0 saturated heterocycles. The predicted molar refractivity (Wildman–Crippen MR) is 73.6 cm³/mol. The van der Waals surface area contributed by atoms with E-state index in [0.717, 1.165) is 16.4 Å². The van der Waals surface area contributed by atoms with Crippen LogP contribution in [0, 0.1) is 0 Å². The Morgan fingerprint density at radius 1 is 1.50 bits per heavy atom. The summed E-state index contributed by atoms with van der Waals surface area (Å²) in [7, 11) is 3.74. The Morgan fingerprint density at radius 3 is 2.83 bits per heavy atom. The van der Waals surface area contributed by atoms with Crippen LogP contribution >= 0.6 is 22.9 Å². The van der Waals surface area contributed by atoms with Crippen molar-refractivity contribution in [1.29, 1.82) is 0 Å². The molecule has 0 atom stereocenters. The third-order valence-corrected chi connectivity index (χ3v) is 3.55. The van der Waals surface area contributed by atoms with Crippen molar-refractivity contribution in [2.45, 2.75) is 12.4 Å². The monoisotopic (exact) mass is 284 g/mol. The van der Waals surface area contributed by atoms with E-state index in [1.54, 1.807) is 12.3 Å². The normalized spacial score (nSPS) is 10.6. The van der Waals surface area contributed by atoms with Crippen LogP contribution in [0.3, 0.4) is 0 Å². The largest absolute Gasteiger partial charge is 0.376 e. The Bertz CT molecular complexity index is 593. The Labute approximate surface area is 114 Å². The maximum atomic E-state index is 11.8. The summed E-state index contributed by atoms with van der Waals surface area (Å²) >= 11 is 7.17. The zero-order chi connectivity index (χ0) is 13.1. The molecule has 0 saturated carbocycles. The van der Waals surface area contributed by atoms with Crippen molar-refractivity contribution in [2.24, 2.45) is 0 Å². The molecule has 18 heavy (non-hydrogen) atoms. The van der Waals surface area contributed by atoms with E-state index < -0.39 is 0 Å². The molecule has 0 unspecified atom stereocenters. The van der Waals surface area contributed by atoms with Gasteiger partial charge in [0.1, 0.15) is 5.01 Å². The summed E-state index contributed by atoms with van der Waals surface area (Å²) in [4.78, 5) is 18.0. The molecular formula is C11H13ClN4OS. The van der Waals surface area contributed by atoms with Gasteiger partial charge in [0.2, 0.25) is 0 Å². The first-order valence-corrected chi connectivity index (χ1v) is 6.75. The van der Waals surface area contributed by atoms with Crippen LogP contribution in [0.1, 0.15) is 10.7 Å². The number of aromatic nitrogens is 3. The van der Waals surface area contributed by atoms with Gasteiger partial charge in [-0.05, 0) is 0 Å². The molecule has 0 aromatic carbocycles. The summed E-state index contributed by atoms with van der Waals surface area (Å²) in [5, 5.41) is 6.85. The molecule has 2 rings (SSSR count). The van der Waals surface area contributed by atoms with E-state index in [1.807, 2.05) is 24.4 Å². The summed E-state index contributed by atoms with van der Waals surface area (Å²) in [6.07, 6.45) is 1.66. The molecule has 0 bridgehead atoms. The highest BCUT2D eigenvalue weighted by molar-refractivity contribution is 7.09. The van der Waals surface area contributed by atoms with Gasteiger partial charge in [-0.2, -0.15) is 5.10 Å². The number of nitrogens with zero attached hydrogens (tertiary/aromatic N) is 4. The zero-order valence-corrected chi connectivity index (χ0v) is 11.7. The van der Waals surface area contributed by atoms with Gasteiger partial charge in [-0.3, -0.25) is 4.79 Å². The maximum absolute atomic E-state index is 11.8. The molecule has 2 aromatic rings. The second-order valence-corrected chi connectivity index (χ2v) is 5.18. The van der Waals surface area contributed by atoms with Gasteiger partial charge in [-0.25, -0.2) is 9.67 Å². The SMILES string of the molecule is CN(C)c1cnn(Cc2nc(CCl)cs2)c(=O)c1. The van der Waals surface area contributed by atoms with Gasteiger partial charge in [-0.15, -0.1) is 22.9 Å². The molecule has 7 heteroatoms. The summed E-state index contributed by atoms with van der Waals surface area (Å²) in [6.45, 7) is 0.383. The quantitative estimate of drug-likeness (QED) is 0.800.